The molecule has 0 atom stereocenters. The predicted octanol–water partition coefficient (Wildman–Crippen LogP) is 2.79. The highest BCUT2D eigenvalue weighted by Crippen LogP contribution is 2.26. The van der Waals surface area contributed by atoms with E-state index in [4.69, 9.17) is 11.6 Å². The standard InChI is InChI=1S/C18H23ClN2O2/c19-15-6-1-3-13(11-15)12-17(22)21-9-7-16(8-10-21)20-18(23)14-4-2-5-14/h1,3,6,11,14,16H,2,4-5,7-10,12H2,(H,20,23). The molecule has 1 aromatic carbocycles. The molecule has 0 radical (unpaired) electrons. The Labute approximate surface area is 142 Å². The first kappa shape index (κ1) is 16.3. The van der Waals surface area contributed by atoms with Crippen LogP contribution in [-0.4, -0.2) is 35.8 Å². The van der Waals surface area contributed by atoms with Gasteiger partial charge in [-0.3, -0.25) is 9.59 Å². The van der Waals surface area contributed by atoms with Crippen LogP contribution in [-0.2, 0) is 16.0 Å². The van der Waals surface area contributed by atoms with E-state index in [-0.39, 0.29) is 23.8 Å². The van der Waals surface area contributed by atoms with Crippen molar-refractivity contribution in [1.29, 1.82) is 0 Å². The molecule has 1 N–H and O–H groups in total. The molecule has 2 fully saturated rings. The minimum Gasteiger partial charge on any atom is -0.353 e. The molecule has 4 nitrogen and oxygen atoms in total. The third-order valence-electron chi connectivity index (χ3n) is 4.91. The Morgan fingerprint density at radius 3 is 2.52 bits per heavy atom. The monoisotopic (exact) mass is 334 g/mol. The molecule has 1 saturated carbocycles. The second-order valence-electron chi connectivity index (χ2n) is 6.60. The molecule has 3 rings (SSSR count). The first-order chi connectivity index (χ1) is 11.1. The van der Waals surface area contributed by atoms with Crippen molar-refractivity contribution in [3.05, 3.63) is 34.9 Å². The zero-order chi connectivity index (χ0) is 16.2. The van der Waals surface area contributed by atoms with E-state index < -0.39 is 0 Å². The van der Waals surface area contributed by atoms with Gasteiger partial charge in [-0.15, -0.1) is 0 Å². The largest absolute Gasteiger partial charge is 0.353 e. The molecule has 1 heterocycles. The molecule has 5 heteroatoms. The lowest BCUT2D eigenvalue weighted by atomic mass is 9.84. The Kier molecular flexibility index (Phi) is 5.21. The third kappa shape index (κ3) is 4.25. The molecule has 2 aliphatic rings. The first-order valence-electron chi connectivity index (χ1n) is 8.44. The van der Waals surface area contributed by atoms with Gasteiger partial charge in [-0.1, -0.05) is 30.2 Å². The van der Waals surface area contributed by atoms with Gasteiger partial charge in [0.25, 0.3) is 0 Å². The molecule has 0 bridgehead atoms. The van der Waals surface area contributed by atoms with Gasteiger partial charge in [0.15, 0.2) is 0 Å². The van der Waals surface area contributed by atoms with Crippen molar-refractivity contribution < 1.29 is 9.59 Å². The van der Waals surface area contributed by atoms with Crippen LogP contribution in [0.3, 0.4) is 0 Å². The van der Waals surface area contributed by atoms with Gasteiger partial charge in [0.05, 0.1) is 6.42 Å². The fourth-order valence-electron chi connectivity index (χ4n) is 3.20. The molecule has 23 heavy (non-hydrogen) atoms. The Morgan fingerprint density at radius 1 is 1.17 bits per heavy atom. The van der Waals surface area contributed by atoms with Gasteiger partial charge in [0.1, 0.15) is 0 Å². The van der Waals surface area contributed by atoms with Crippen molar-refractivity contribution in [1.82, 2.24) is 10.2 Å². The number of hydrogen-bond acceptors (Lipinski definition) is 2. The maximum Gasteiger partial charge on any atom is 0.226 e. The molecule has 1 aliphatic heterocycles. The van der Waals surface area contributed by atoms with Crippen molar-refractivity contribution in [3.63, 3.8) is 0 Å². The lowest BCUT2D eigenvalue weighted by molar-refractivity contribution is -0.132. The average Bonchev–Trinajstić information content (AvgIpc) is 2.46. The maximum absolute atomic E-state index is 12.4. The smallest absolute Gasteiger partial charge is 0.226 e. The SMILES string of the molecule is O=C(NC1CCN(C(=O)Cc2cccc(Cl)c2)CC1)C1CCC1. The molecule has 124 valence electrons. The van der Waals surface area contributed by atoms with Crippen molar-refractivity contribution in [2.24, 2.45) is 5.92 Å². The summed E-state index contributed by atoms with van der Waals surface area (Å²) in [5.41, 5.74) is 0.947. The van der Waals surface area contributed by atoms with Crippen LogP contribution in [0.1, 0.15) is 37.7 Å². The van der Waals surface area contributed by atoms with Crippen LogP contribution in [0.25, 0.3) is 0 Å². The normalized spacial score (nSPS) is 19.3. The second kappa shape index (κ2) is 7.35. The van der Waals surface area contributed by atoms with Crippen molar-refractivity contribution in [2.45, 2.75) is 44.6 Å². The molecule has 2 amide bonds. The fraction of sp³-hybridized carbons (Fsp3) is 0.556. The van der Waals surface area contributed by atoms with Crippen LogP contribution < -0.4 is 5.32 Å². The number of amides is 2. The number of carbonyl (C=O) groups is 2. The summed E-state index contributed by atoms with van der Waals surface area (Å²) in [5.74, 6) is 0.577. The first-order valence-corrected chi connectivity index (χ1v) is 8.82. The highest BCUT2D eigenvalue weighted by atomic mass is 35.5. The molecular formula is C18H23ClN2O2. The second-order valence-corrected chi connectivity index (χ2v) is 7.03. The van der Waals surface area contributed by atoms with Gasteiger partial charge in [0, 0.05) is 30.1 Å². The van der Waals surface area contributed by atoms with Crippen LogP contribution in [0.15, 0.2) is 24.3 Å². The van der Waals surface area contributed by atoms with E-state index >= 15 is 0 Å². The molecule has 1 saturated heterocycles. The van der Waals surface area contributed by atoms with Crippen LogP contribution in [0.5, 0.6) is 0 Å². The minimum atomic E-state index is 0.135. The van der Waals surface area contributed by atoms with Crippen molar-refractivity contribution in [3.8, 4) is 0 Å². The summed E-state index contributed by atoms with van der Waals surface area (Å²) in [6.07, 6.45) is 5.32. The summed E-state index contributed by atoms with van der Waals surface area (Å²) in [7, 11) is 0. The van der Waals surface area contributed by atoms with Gasteiger partial charge in [-0.25, -0.2) is 0 Å². The minimum absolute atomic E-state index is 0.135. The van der Waals surface area contributed by atoms with E-state index in [0.29, 0.717) is 11.4 Å². The van der Waals surface area contributed by atoms with E-state index in [1.54, 1.807) is 0 Å². The van der Waals surface area contributed by atoms with E-state index in [1.165, 1.54) is 6.42 Å². The summed E-state index contributed by atoms with van der Waals surface area (Å²) in [4.78, 5) is 26.2. The van der Waals surface area contributed by atoms with Gasteiger partial charge in [-0.05, 0) is 43.4 Å². The molecule has 0 aromatic heterocycles. The van der Waals surface area contributed by atoms with Crippen molar-refractivity contribution >= 4 is 23.4 Å². The molecule has 1 aliphatic carbocycles. The number of hydrogen-bond donors (Lipinski definition) is 1. The number of carbonyl (C=O) groups excluding carboxylic acids is 2. The number of piperidine rings is 1. The topological polar surface area (TPSA) is 49.4 Å². The van der Waals surface area contributed by atoms with Crippen LogP contribution in [0.2, 0.25) is 5.02 Å². The van der Waals surface area contributed by atoms with E-state index in [0.717, 1.165) is 44.3 Å². The van der Waals surface area contributed by atoms with Crippen LogP contribution >= 0.6 is 11.6 Å². The van der Waals surface area contributed by atoms with Gasteiger partial charge < -0.3 is 10.2 Å². The van der Waals surface area contributed by atoms with E-state index in [1.807, 2.05) is 29.2 Å². The van der Waals surface area contributed by atoms with Gasteiger partial charge in [0.2, 0.25) is 11.8 Å². The summed E-state index contributed by atoms with van der Waals surface area (Å²) >= 11 is 5.96. The van der Waals surface area contributed by atoms with E-state index in [9.17, 15) is 9.59 Å². The number of benzene rings is 1. The predicted molar refractivity (Wildman–Crippen MR) is 90.2 cm³/mol. The highest BCUT2D eigenvalue weighted by Gasteiger charge is 2.29. The molecule has 0 spiro atoms. The van der Waals surface area contributed by atoms with Crippen molar-refractivity contribution in [2.75, 3.05) is 13.1 Å². The zero-order valence-electron chi connectivity index (χ0n) is 13.3. The molecular weight excluding hydrogens is 312 g/mol. The average molecular weight is 335 g/mol. The summed E-state index contributed by atoms with van der Waals surface area (Å²) in [6, 6.07) is 7.66. The van der Waals surface area contributed by atoms with E-state index in [2.05, 4.69) is 5.32 Å². The number of halogens is 1. The molecule has 1 aromatic rings. The summed E-state index contributed by atoms with van der Waals surface area (Å²) < 4.78 is 0. The molecule has 0 unspecified atom stereocenters. The zero-order valence-corrected chi connectivity index (χ0v) is 14.0. The quantitative estimate of drug-likeness (QED) is 0.920. The highest BCUT2D eigenvalue weighted by molar-refractivity contribution is 6.30. The van der Waals surface area contributed by atoms with Gasteiger partial charge in [-0.2, -0.15) is 0 Å². The third-order valence-corrected chi connectivity index (χ3v) is 5.15. The maximum atomic E-state index is 12.4. The number of likely N-dealkylation sites (tertiary alicyclic amines) is 1. The lowest BCUT2D eigenvalue weighted by Gasteiger charge is -2.34. The Hall–Kier alpha value is -1.55. The van der Waals surface area contributed by atoms with Crippen LogP contribution in [0, 0.1) is 5.92 Å². The Morgan fingerprint density at radius 2 is 1.91 bits per heavy atom. The van der Waals surface area contributed by atoms with Gasteiger partial charge >= 0.3 is 0 Å². The lowest BCUT2D eigenvalue weighted by Crippen LogP contribution is -2.48. The number of nitrogens with one attached hydrogen (secondary N) is 1. The number of nitrogens with zero attached hydrogens (tertiary/aromatic N) is 1. The summed E-state index contributed by atoms with van der Waals surface area (Å²) in [6.45, 7) is 1.43. The Bertz CT molecular complexity index is 578. The van der Waals surface area contributed by atoms with Crippen LogP contribution in [0.4, 0.5) is 0 Å². The fourth-order valence-corrected chi connectivity index (χ4v) is 3.41. The number of rotatable bonds is 4. The Balaban J connectivity index is 1.44. The summed E-state index contributed by atoms with van der Waals surface area (Å²) in [5, 5.41) is 3.80.